The smallest absolute Gasteiger partial charge is 0.312 e. The van der Waals surface area contributed by atoms with Crippen LogP contribution in [-0.2, 0) is 47.7 Å². The lowest BCUT2D eigenvalue weighted by molar-refractivity contribution is -0.237. The summed E-state index contributed by atoms with van der Waals surface area (Å²) in [6, 6.07) is 0. The Labute approximate surface area is 238 Å². The number of carbonyl (C=O) groups excluding carboxylic acids is 5. The number of halogens is 1. The van der Waals surface area contributed by atoms with Gasteiger partial charge in [-0.15, -0.1) is 11.6 Å². The van der Waals surface area contributed by atoms with Gasteiger partial charge in [0.2, 0.25) is 0 Å². The Kier molecular flexibility index (Phi) is 9.10. The first-order valence-electron chi connectivity index (χ1n) is 13.1. The van der Waals surface area contributed by atoms with Gasteiger partial charge in [0.15, 0.2) is 11.7 Å². The molecule has 40 heavy (non-hydrogen) atoms. The zero-order valence-corrected chi connectivity index (χ0v) is 24.3. The molecule has 0 bridgehead atoms. The molecule has 2 saturated carbocycles. The number of rotatable bonds is 4. The van der Waals surface area contributed by atoms with Gasteiger partial charge in [-0.1, -0.05) is 31.2 Å². The molecule has 10 unspecified atom stereocenters. The van der Waals surface area contributed by atoms with Gasteiger partial charge in [0, 0.05) is 40.0 Å². The van der Waals surface area contributed by atoms with Crippen LogP contribution in [0, 0.1) is 17.3 Å². The van der Waals surface area contributed by atoms with E-state index in [0.717, 1.165) is 6.92 Å². The highest BCUT2D eigenvalue weighted by Crippen LogP contribution is 2.57. The first kappa shape index (κ1) is 31.6. The molecule has 1 N–H and O–H groups in total. The molecule has 0 radical (unpaired) electrons. The van der Waals surface area contributed by atoms with Gasteiger partial charge in [-0.3, -0.25) is 24.0 Å². The summed E-state index contributed by atoms with van der Waals surface area (Å²) in [4.78, 5) is 62.4. The molecule has 3 rings (SSSR count). The second-order valence-electron chi connectivity index (χ2n) is 11.1. The van der Waals surface area contributed by atoms with Crippen molar-refractivity contribution in [3.05, 3.63) is 24.3 Å². The molecule has 1 aliphatic heterocycles. The van der Waals surface area contributed by atoms with E-state index in [1.54, 1.807) is 6.92 Å². The lowest BCUT2D eigenvalue weighted by atomic mass is 9.54. The number of aliphatic hydroxyl groups is 1. The van der Waals surface area contributed by atoms with Gasteiger partial charge in [-0.05, 0) is 19.8 Å². The van der Waals surface area contributed by atoms with Crippen LogP contribution in [0.3, 0.4) is 0 Å². The van der Waals surface area contributed by atoms with Crippen molar-refractivity contribution >= 4 is 41.4 Å². The first-order valence-corrected chi connectivity index (χ1v) is 13.5. The maximum absolute atomic E-state index is 12.9. The highest BCUT2D eigenvalue weighted by atomic mass is 35.5. The number of alkyl halides is 1. The Morgan fingerprint density at radius 1 is 0.925 bits per heavy atom. The number of fused-ring (bicyclic) bond motifs is 2. The SMILES string of the molecule is C=C1CCC(OC(C)=O)C2(C)C(OC(C)=O)C(OC(C)=O)CC(=C)C2C(OC(C)=O)C2(O)C(C)C(=O)OC2C1Cl. The summed E-state index contributed by atoms with van der Waals surface area (Å²) in [5.41, 5.74) is -3.02. The average Bonchev–Trinajstić information content (AvgIpc) is 3.06. The lowest BCUT2D eigenvalue weighted by Gasteiger charge is -2.57. The van der Waals surface area contributed by atoms with E-state index >= 15 is 0 Å². The normalized spacial score (nSPS) is 39.6. The molecule has 12 heteroatoms. The standard InChI is InChI=1S/C28H37ClO11/c1-12-9-10-20(37-16(5)31)27(8)21(13(2)11-19(36-15(4)30)23(27)38-17(6)32)24(39-18(7)33)28(35)14(3)26(34)40-25(28)22(12)29/h14,19-25,35H,1-2,9-11H2,3-8H3. The summed E-state index contributed by atoms with van der Waals surface area (Å²) in [5.74, 6) is -5.92. The number of esters is 5. The molecule has 222 valence electrons. The monoisotopic (exact) mass is 584 g/mol. The molecule has 0 aromatic carbocycles. The van der Waals surface area contributed by atoms with E-state index in [1.165, 1.54) is 27.7 Å². The Balaban J connectivity index is 2.41. The van der Waals surface area contributed by atoms with E-state index in [-0.39, 0.29) is 19.3 Å². The molecular weight excluding hydrogens is 548 g/mol. The number of ether oxygens (including phenoxy) is 5. The van der Waals surface area contributed by atoms with Crippen molar-refractivity contribution in [3.8, 4) is 0 Å². The minimum absolute atomic E-state index is 0.0523. The van der Waals surface area contributed by atoms with Gasteiger partial charge in [0.05, 0.1) is 16.7 Å². The maximum Gasteiger partial charge on any atom is 0.312 e. The molecule has 0 aromatic rings. The zero-order valence-electron chi connectivity index (χ0n) is 23.6. The first-order chi connectivity index (χ1) is 18.5. The maximum atomic E-state index is 12.9. The van der Waals surface area contributed by atoms with Crippen LogP contribution in [-0.4, -0.2) is 76.5 Å². The molecule has 11 nitrogen and oxygen atoms in total. The van der Waals surface area contributed by atoms with Gasteiger partial charge >= 0.3 is 29.8 Å². The van der Waals surface area contributed by atoms with Crippen molar-refractivity contribution in [2.45, 2.75) is 102 Å². The van der Waals surface area contributed by atoms with E-state index < -0.39 is 88.6 Å². The summed E-state index contributed by atoms with van der Waals surface area (Å²) in [5, 5.41) is 11.3. The fraction of sp³-hybridized carbons (Fsp3) is 0.679. The molecule has 0 amide bonds. The topological polar surface area (TPSA) is 152 Å². The van der Waals surface area contributed by atoms with Crippen LogP contribution in [0.4, 0.5) is 0 Å². The number of carbonyl (C=O) groups is 5. The molecule has 0 aromatic heterocycles. The van der Waals surface area contributed by atoms with E-state index in [1.807, 2.05) is 0 Å². The van der Waals surface area contributed by atoms with Crippen molar-refractivity contribution in [1.29, 1.82) is 0 Å². The second kappa shape index (κ2) is 11.5. The Hall–Kier alpha value is -2.92. The average molecular weight is 585 g/mol. The third kappa shape index (κ3) is 5.50. The van der Waals surface area contributed by atoms with Crippen molar-refractivity contribution in [2.24, 2.45) is 17.3 Å². The fourth-order valence-corrected chi connectivity index (χ4v) is 6.93. The van der Waals surface area contributed by atoms with Gasteiger partial charge in [0.1, 0.15) is 24.4 Å². The third-order valence-electron chi connectivity index (χ3n) is 8.32. The molecular formula is C28H37ClO11. The number of hydrogen-bond acceptors (Lipinski definition) is 11. The Bertz CT molecular complexity index is 1120. The highest BCUT2D eigenvalue weighted by molar-refractivity contribution is 6.23. The quantitative estimate of drug-likeness (QED) is 0.224. The van der Waals surface area contributed by atoms with Crippen LogP contribution in [0.15, 0.2) is 24.3 Å². The molecule has 1 saturated heterocycles. The van der Waals surface area contributed by atoms with E-state index in [0.29, 0.717) is 11.1 Å². The van der Waals surface area contributed by atoms with Gasteiger partial charge < -0.3 is 28.8 Å². The predicted molar refractivity (Wildman–Crippen MR) is 140 cm³/mol. The predicted octanol–water partition coefficient (Wildman–Crippen LogP) is 2.55. The van der Waals surface area contributed by atoms with Crippen LogP contribution < -0.4 is 0 Å². The molecule has 3 aliphatic rings. The van der Waals surface area contributed by atoms with Crippen LogP contribution >= 0.6 is 11.6 Å². The summed E-state index contributed by atoms with van der Waals surface area (Å²) in [6.07, 6.45) is -6.07. The van der Waals surface area contributed by atoms with Gasteiger partial charge in [-0.25, -0.2) is 0 Å². The fourth-order valence-electron chi connectivity index (χ4n) is 6.56. The lowest BCUT2D eigenvalue weighted by Crippen LogP contribution is -2.69. The molecule has 3 fully saturated rings. The van der Waals surface area contributed by atoms with E-state index in [2.05, 4.69) is 13.2 Å². The molecule has 10 atom stereocenters. The highest BCUT2D eigenvalue weighted by Gasteiger charge is 2.70. The van der Waals surface area contributed by atoms with Crippen LogP contribution in [0.1, 0.15) is 60.8 Å². The molecule has 1 heterocycles. The van der Waals surface area contributed by atoms with Gasteiger partial charge in [0.25, 0.3) is 0 Å². The summed E-state index contributed by atoms with van der Waals surface area (Å²) in [6.45, 7) is 16.0. The Morgan fingerprint density at radius 3 is 1.98 bits per heavy atom. The zero-order chi connectivity index (χ0) is 30.3. The van der Waals surface area contributed by atoms with Crippen molar-refractivity contribution in [2.75, 3.05) is 0 Å². The van der Waals surface area contributed by atoms with Crippen molar-refractivity contribution in [3.63, 3.8) is 0 Å². The second-order valence-corrected chi connectivity index (χ2v) is 11.5. The van der Waals surface area contributed by atoms with Gasteiger partial charge in [-0.2, -0.15) is 0 Å². The molecule has 0 spiro atoms. The Morgan fingerprint density at radius 2 is 1.45 bits per heavy atom. The van der Waals surface area contributed by atoms with Crippen LogP contribution in [0.25, 0.3) is 0 Å². The van der Waals surface area contributed by atoms with Crippen molar-refractivity contribution in [1.82, 2.24) is 0 Å². The largest absolute Gasteiger partial charge is 0.462 e. The van der Waals surface area contributed by atoms with E-state index in [4.69, 9.17) is 35.3 Å². The minimum atomic E-state index is -2.21. The number of hydrogen-bond donors (Lipinski definition) is 1. The van der Waals surface area contributed by atoms with E-state index in [9.17, 15) is 29.1 Å². The summed E-state index contributed by atoms with van der Waals surface area (Å²) >= 11 is 6.74. The third-order valence-corrected chi connectivity index (χ3v) is 8.85. The van der Waals surface area contributed by atoms with Crippen LogP contribution in [0.5, 0.6) is 0 Å². The molecule has 2 aliphatic carbocycles. The summed E-state index contributed by atoms with van der Waals surface area (Å²) < 4.78 is 28.6. The van der Waals surface area contributed by atoms with Crippen molar-refractivity contribution < 1.29 is 52.8 Å². The summed E-state index contributed by atoms with van der Waals surface area (Å²) in [7, 11) is 0. The minimum Gasteiger partial charge on any atom is -0.462 e. The van der Waals surface area contributed by atoms with Crippen LogP contribution in [0.2, 0.25) is 0 Å².